The lowest BCUT2D eigenvalue weighted by atomic mass is 10.00. The van der Waals surface area contributed by atoms with Gasteiger partial charge < -0.3 is 14.4 Å². The average molecular weight is 271 g/mol. The first-order valence-corrected chi connectivity index (χ1v) is 7.12. The minimum atomic E-state index is -0.0499. The number of para-hydroxylation sites is 1. The van der Waals surface area contributed by atoms with Crippen LogP contribution < -0.4 is 4.74 Å². The molecule has 2 aliphatic rings. The summed E-state index contributed by atoms with van der Waals surface area (Å²) in [5.74, 6) is 3.17. The summed E-state index contributed by atoms with van der Waals surface area (Å²) in [5.41, 5.74) is 1.23. The number of rotatable bonds is 2. The maximum absolute atomic E-state index is 9.37. The number of aryl methyl sites for hydroxylation is 1. The third-order valence-corrected chi connectivity index (χ3v) is 4.27. The smallest absolute Gasteiger partial charge is 0.174 e. The number of hydrogen-bond acceptors (Lipinski definition) is 4. The number of ether oxygens (including phenoxy) is 1. The molecule has 0 amide bonds. The van der Waals surface area contributed by atoms with Gasteiger partial charge in [-0.1, -0.05) is 18.2 Å². The lowest BCUT2D eigenvalue weighted by Crippen LogP contribution is -2.25. The van der Waals surface area contributed by atoms with Crippen LogP contribution >= 0.6 is 0 Å². The van der Waals surface area contributed by atoms with Crippen LogP contribution in [0.2, 0.25) is 0 Å². The van der Waals surface area contributed by atoms with Gasteiger partial charge in [0.05, 0.1) is 0 Å². The molecule has 0 bridgehead atoms. The van der Waals surface area contributed by atoms with Crippen molar-refractivity contribution in [2.24, 2.45) is 5.92 Å². The number of aliphatic hydroxyl groups excluding tert-OH is 1. The predicted molar refractivity (Wildman–Crippen MR) is 72.4 cm³/mol. The van der Waals surface area contributed by atoms with Crippen LogP contribution in [0.4, 0.5) is 0 Å². The van der Waals surface area contributed by atoms with E-state index in [0.29, 0.717) is 5.92 Å². The summed E-state index contributed by atoms with van der Waals surface area (Å²) in [6, 6.07) is 8.12. The monoisotopic (exact) mass is 271 g/mol. The van der Waals surface area contributed by atoms with E-state index in [-0.39, 0.29) is 12.7 Å². The third kappa shape index (κ3) is 1.81. The molecule has 0 aliphatic carbocycles. The van der Waals surface area contributed by atoms with E-state index in [0.717, 1.165) is 43.2 Å². The second-order valence-corrected chi connectivity index (χ2v) is 5.59. The second-order valence-electron chi connectivity index (χ2n) is 5.59. The molecule has 3 heterocycles. The van der Waals surface area contributed by atoms with Gasteiger partial charge in [0.15, 0.2) is 11.9 Å². The van der Waals surface area contributed by atoms with Crippen molar-refractivity contribution in [1.29, 1.82) is 0 Å². The fourth-order valence-corrected chi connectivity index (χ4v) is 3.13. The first kappa shape index (κ1) is 11.9. The number of hydrogen-bond donors (Lipinski definition) is 1. The van der Waals surface area contributed by atoms with E-state index in [1.54, 1.807) is 0 Å². The van der Waals surface area contributed by atoms with Crippen LogP contribution in [0.15, 0.2) is 24.3 Å². The quantitative estimate of drug-likeness (QED) is 0.899. The Labute approximate surface area is 117 Å². The van der Waals surface area contributed by atoms with Gasteiger partial charge in [-0.25, -0.2) is 0 Å². The van der Waals surface area contributed by atoms with Crippen LogP contribution in [0.5, 0.6) is 5.75 Å². The summed E-state index contributed by atoms with van der Waals surface area (Å²) in [6.07, 6.45) is 2.67. The first-order chi connectivity index (χ1) is 9.85. The molecular formula is C15H17N3O2. The Morgan fingerprint density at radius 1 is 1.30 bits per heavy atom. The fourth-order valence-electron chi connectivity index (χ4n) is 3.13. The fraction of sp³-hybridized carbons (Fsp3) is 0.467. The topological polar surface area (TPSA) is 60.2 Å². The summed E-state index contributed by atoms with van der Waals surface area (Å²) in [5, 5.41) is 18.0. The van der Waals surface area contributed by atoms with Crippen molar-refractivity contribution in [3.63, 3.8) is 0 Å². The van der Waals surface area contributed by atoms with Crippen molar-refractivity contribution >= 4 is 0 Å². The van der Waals surface area contributed by atoms with E-state index in [9.17, 15) is 5.11 Å². The molecule has 2 aliphatic heterocycles. The lowest BCUT2D eigenvalue weighted by molar-refractivity contribution is 0.177. The molecular weight excluding hydrogens is 254 g/mol. The van der Waals surface area contributed by atoms with Gasteiger partial charge in [0.25, 0.3) is 0 Å². The maximum atomic E-state index is 9.37. The number of fused-ring (bicyclic) bond motifs is 2. The third-order valence-electron chi connectivity index (χ3n) is 4.27. The Bertz CT molecular complexity index is 613. The van der Waals surface area contributed by atoms with E-state index in [2.05, 4.69) is 20.8 Å². The second kappa shape index (κ2) is 4.59. The molecule has 1 N–H and O–H groups in total. The van der Waals surface area contributed by atoms with Crippen LogP contribution in [0.3, 0.4) is 0 Å². The molecule has 2 unspecified atom stereocenters. The zero-order valence-electron chi connectivity index (χ0n) is 11.2. The van der Waals surface area contributed by atoms with Crippen LogP contribution in [-0.2, 0) is 19.4 Å². The number of aromatic nitrogens is 3. The number of nitrogens with zero attached hydrogens (tertiary/aromatic N) is 3. The summed E-state index contributed by atoms with van der Waals surface area (Å²) in [7, 11) is 0. The van der Waals surface area contributed by atoms with Crippen molar-refractivity contribution in [2.75, 3.05) is 6.61 Å². The molecule has 4 rings (SSSR count). The SMILES string of the molecule is OCC1CCc2nnc(C3Cc4ccccc4O3)n2C1. The molecule has 2 aromatic rings. The maximum Gasteiger partial charge on any atom is 0.174 e. The van der Waals surface area contributed by atoms with Crippen molar-refractivity contribution in [1.82, 2.24) is 14.8 Å². The van der Waals surface area contributed by atoms with Crippen LogP contribution in [-0.4, -0.2) is 26.5 Å². The average Bonchev–Trinajstić information content (AvgIpc) is 3.09. The van der Waals surface area contributed by atoms with Gasteiger partial charge in [0.1, 0.15) is 11.6 Å². The van der Waals surface area contributed by atoms with E-state index >= 15 is 0 Å². The van der Waals surface area contributed by atoms with Crippen molar-refractivity contribution in [3.8, 4) is 5.75 Å². The van der Waals surface area contributed by atoms with Gasteiger partial charge in [-0.15, -0.1) is 10.2 Å². The van der Waals surface area contributed by atoms with Crippen LogP contribution in [0.25, 0.3) is 0 Å². The van der Waals surface area contributed by atoms with Gasteiger partial charge >= 0.3 is 0 Å². The molecule has 1 aromatic carbocycles. The summed E-state index contributed by atoms with van der Waals surface area (Å²) in [6.45, 7) is 1.02. The van der Waals surface area contributed by atoms with Gasteiger partial charge in [-0.05, 0) is 18.1 Å². The molecule has 5 nitrogen and oxygen atoms in total. The van der Waals surface area contributed by atoms with E-state index in [4.69, 9.17) is 4.74 Å². The zero-order chi connectivity index (χ0) is 13.5. The van der Waals surface area contributed by atoms with Crippen molar-refractivity contribution in [3.05, 3.63) is 41.5 Å². The molecule has 20 heavy (non-hydrogen) atoms. The molecule has 5 heteroatoms. The summed E-state index contributed by atoms with van der Waals surface area (Å²) >= 11 is 0. The van der Waals surface area contributed by atoms with Crippen molar-refractivity contribution in [2.45, 2.75) is 31.9 Å². The Morgan fingerprint density at radius 3 is 3.05 bits per heavy atom. The normalized spacial score (nSPS) is 24.1. The highest BCUT2D eigenvalue weighted by Crippen LogP contribution is 2.36. The number of aliphatic hydroxyl groups is 1. The standard InChI is InChI=1S/C15H17N3O2/c19-9-10-5-6-14-16-17-15(18(14)8-10)13-7-11-3-1-2-4-12(11)20-13/h1-4,10,13,19H,5-9H2. The van der Waals surface area contributed by atoms with Crippen molar-refractivity contribution < 1.29 is 9.84 Å². The van der Waals surface area contributed by atoms with Gasteiger partial charge in [0.2, 0.25) is 0 Å². The summed E-state index contributed by atoms with van der Waals surface area (Å²) < 4.78 is 8.14. The molecule has 1 aromatic heterocycles. The largest absolute Gasteiger partial charge is 0.482 e. The highest BCUT2D eigenvalue weighted by molar-refractivity contribution is 5.38. The highest BCUT2D eigenvalue weighted by atomic mass is 16.5. The van der Waals surface area contributed by atoms with E-state index in [1.165, 1.54) is 5.56 Å². The Balaban J connectivity index is 1.64. The minimum absolute atomic E-state index is 0.0499. The zero-order valence-corrected chi connectivity index (χ0v) is 11.2. The molecule has 0 spiro atoms. The molecule has 104 valence electrons. The van der Waals surface area contributed by atoms with Gasteiger partial charge in [-0.2, -0.15) is 0 Å². The highest BCUT2D eigenvalue weighted by Gasteiger charge is 2.31. The Hall–Kier alpha value is -1.88. The van der Waals surface area contributed by atoms with E-state index in [1.807, 2.05) is 18.2 Å². The molecule has 2 atom stereocenters. The van der Waals surface area contributed by atoms with Gasteiger partial charge in [-0.3, -0.25) is 0 Å². The first-order valence-electron chi connectivity index (χ1n) is 7.12. The molecule has 0 radical (unpaired) electrons. The lowest BCUT2D eigenvalue weighted by Gasteiger charge is -2.23. The summed E-state index contributed by atoms with van der Waals surface area (Å²) in [4.78, 5) is 0. The van der Waals surface area contributed by atoms with Crippen LogP contribution in [0.1, 0.15) is 29.7 Å². The van der Waals surface area contributed by atoms with Gasteiger partial charge in [0, 0.05) is 31.9 Å². The van der Waals surface area contributed by atoms with E-state index < -0.39 is 0 Å². The molecule has 0 fully saturated rings. The molecule has 0 saturated carbocycles. The molecule has 0 saturated heterocycles. The minimum Gasteiger partial charge on any atom is -0.482 e. The predicted octanol–water partition coefficient (Wildman–Crippen LogP) is 1.51. The Morgan fingerprint density at radius 2 is 2.20 bits per heavy atom. The Kier molecular flexibility index (Phi) is 2.73. The number of benzene rings is 1. The van der Waals surface area contributed by atoms with Crippen LogP contribution in [0, 0.1) is 5.92 Å².